The van der Waals surface area contributed by atoms with E-state index in [2.05, 4.69) is 20.8 Å². The van der Waals surface area contributed by atoms with Gasteiger partial charge in [-0.2, -0.15) is 0 Å². The third-order valence-corrected chi connectivity index (χ3v) is 4.06. The Kier molecular flexibility index (Phi) is 5.11. The molecule has 0 unspecified atom stereocenters. The number of aromatic nitrogens is 2. The number of carbonyl (C=O) groups is 2. The fourth-order valence-electron chi connectivity index (χ4n) is 1.85. The molecule has 2 N–H and O–H groups in total. The Hall–Kier alpha value is -2.39. The number of benzene rings is 1. The van der Waals surface area contributed by atoms with Crippen molar-refractivity contribution >= 4 is 28.8 Å². The standard InChI is InChI=1S/C15H15FN4O3S/c16-9-1-3-11(4-2-9)18-14(22)15-20-19-13(24-15)8-23-7-12(21)17-10-5-6-10/h1-4,10H,5-8H2,(H,17,21)(H,18,22). The summed E-state index contributed by atoms with van der Waals surface area (Å²) in [4.78, 5) is 23.5. The van der Waals surface area contributed by atoms with Crippen molar-refractivity contribution in [1.29, 1.82) is 0 Å². The molecule has 0 spiro atoms. The van der Waals surface area contributed by atoms with Crippen LogP contribution >= 0.6 is 11.3 Å². The van der Waals surface area contributed by atoms with Gasteiger partial charge in [-0.15, -0.1) is 10.2 Å². The average molecular weight is 350 g/mol. The van der Waals surface area contributed by atoms with E-state index >= 15 is 0 Å². The highest BCUT2D eigenvalue weighted by atomic mass is 32.1. The summed E-state index contributed by atoms with van der Waals surface area (Å²) >= 11 is 1.08. The summed E-state index contributed by atoms with van der Waals surface area (Å²) in [5.74, 6) is -0.970. The molecule has 1 fully saturated rings. The topological polar surface area (TPSA) is 93.2 Å². The van der Waals surface area contributed by atoms with Gasteiger partial charge in [-0.3, -0.25) is 9.59 Å². The van der Waals surface area contributed by atoms with Crippen molar-refractivity contribution < 1.29 is 18.7 Å². The summed E-state index contributed by atoms with van der Waals surface area (Å²) in [6, 6.07) is 5.71. The smallest absolute Gasteiger partial charge is 0.286 e. The third kappa shape index (κ3) is 4.80. The largest absolute Gasteiger partial charge is 0.364 e. The third-order valence-electron chi connectivity index (χ3n) is 3.16. The van der Waals surface area contributed by atoms with E-state index in [1.165, 1.54) is 24.3 Å². The molecule has 24 heavy (non-hydrogen) atoms. The zero-order valence-corrected chi connectivity index (χ0v) is 13.4. The molecule has 1 aromatic carbocycles. The molecule has 3 rings (SSSR count). The molecule has 9 heteroatoms. The number of halogens is 1. The quantitative estimate of drug-likeness (QED) is 0.793. The number of amides is 2. The number of nitrogens with zero attached hydrogens (tertiary/aromatic N) is 2. The lowest BCUT2D eigenvalue weighted by molar-refractivity contribution is -0.126. The van der Waals surface area contributed by atoms with Gasteiger partial charge in [-0.1, -0.05) is 11.3 Å². The second kappa shape index (κ2) is 7.45. The van der Waals surface area contributed by atoms with Gasteiger partial charge in [-0.05, 0) is 37.1 Å². The Morgan fingerprint density at radius 1 is 1.25 bits per heavy atom. The first-order chi connectivity index (χ1) is 11.6. The Balaban J connectivity index is 1.46. The second-order valence-electron chi connectivity index (χ2n) is 5.30. The van der Waals surface area contributed by atoms with E-state index in [1.54, 1.807) is 0 Å². The van der Waals surface area contributed by atoms with Crippen LogP contribution in [0.25, 0.3) is 0 Å². The zero-order chi connectivity index (χ0) is 16.9. The van der Waals surface area contributed by atoms with Crippen LogP contribution in [0.2, 0.25) is 0 Å². The van der Waals surface area contributed by atoms with Crippen LogP contribution < -0.4 is 10.6 Å². The van der Waals surface area contributed by atoms with E-state index in [9.17, 15) is 14.0 Å². The first-order valence-electron chi connectivity index (χ1n) is 7.36. The van der Waals surface area contributed by atoms with Crippen molar-refractivity contribution in [1.82, 2.24) is 15.5 Å². The van der Waals surface area contributed by atoms with Gasteiger partial charge in [0, 0.05) is 11.7 Å². The molecular weight excluding hydrogens is 335 g/mol. The molecule has 0 radical (unpaired) electrons. The first-order valence-corrected chi connectivity index (χ1v) is 8.18. The van der Waals surface area contributed by atoms with E-state index in [-0.39, 0.29) is 29.9 Å². The summed E-state index contributed by atoms with van der Waals surface area (Å²) in [7, 11) is 0. The maximum absolute atomic E-state index is 12.8. The summed E-state index contributed by atoms with van der Waals surface area (Å²) in [6.07, 6.45) is 2.04. The number of rotatable bonds is 7. The lowest BCUT2D eigenvalue weighted by Crippen LogP contribution is -2.29. The summed E-state index contributed by atoms with van der Waals surface area (Å²) in [5.41, 5.74) is 0.464. The molecule has 1 aliphatic rings. The van der Waals surface area contributed by atoms with Gasteiger partial charge >= 0.3 is 0 Å². The minimum atomic E-state index is -0.433. The van der Waals surface area contributed by atoms with Gasteiger partial charge < -0.3 is 15.4 Å². The fraction of sp³-hybridized carbons (Fsp3) is 0.333. The van der Waals surface area contributed by atoms with E-state index < -0.39 is 5.91 Å². The monoisotopic (exact) mass is 350 g/mol. The molecule has 7 nitrogen and oxygen atoms in total. The summed E-state index contributed by atoms with van der Waals surface area (Å²) < 4.78 is 18.1. The highest BCUT2D eigenvalue weighted by Crippen LogP contribution is 2.18. The van der Waals surface area contributed by atoms with Crippen LogP contribution in [0.1, 0.15) is 27.7 Å². The summed E-state index contributed by atoms with van der Waals surface area (Å²) in [6.45, 7) is 0.0623. The predicted octanol–water partition coefficient (Wildman–Crippen LogP) is 1.72. The first kappa shape index (κ1) is 16.5. The Labute approximate surface area is 141 Å². The van der Waals surface area contributed by atoms with Gasteiger partial charge in [0.15, 0.2) is 0 Å². The highest BCUT2D eigenvalue weighted by molar-refractivity contribution is 7.13. The van der Waals surface area contributed by atoms with Crippen LogP contribution in [-0.2, 0) is 16.1 Å². The van der Waals surface area contributed by atoms with Crippen LogP contribution in [0.5, 0.6) is 0 Å². The number of carbonyl (C=O) groups excluding carboxylic acids is 2. The van der Waals surface area contributed by atoms with Crippen LogP contribution in [0, 0.1) is 5.82 Å². The van der Waals surface area contributed by atoms with Crippen molar-refractivity contribution in [3.05, 3.63) is 40.1 Å². The van der Waals surface area contributed by atoms with Gasteiger partial charge in [0.25, 0.3) is 5.91 Å². The maximum Gasteiger partial charge on any atom is 0.286 e. The second-order valence-corrected chi connectivity index (χ2v) is 6.36. The number of ether oxygens (including phenoxy) is 1. The van der Waals surface area contributed by atoms with E-state index in [1.807, 2.05) is 0 Å². The van der Waals surface area contributed by atoms with Crippen LogP contribution in [-0.4, -0.2) is 34.7 Å². The van der Waals surface area contributed by atoms with Crippen molar-refractivity contribution in [3.8, 4) is 0 Å². The normalized spacial score (nSPS) is 13.5. The van der Waals surface area contributed by atoms with Crippen molar-refractivity contribution in [2.75, 3.05) is 11.9 Å². The molecule has 0 saturated heterocycles. The Morgan fingerprint density at radius 3 is 2.71 bits per heavy atom. The number of hydrogen-bond acceptors (Lipinski definition) is 6. The lowest BCUT2D eigenvalue weighted by atomic mass is 10.3. The van der Waals surface area contributed by atoms with Crippen LogP contribution in [0.3, 0.4) is 0 Å². The SMILES string of the molecule is O=C(COCc1nnc(C(=O)Nc2ccc(F)cc2)s1)NC1CC1. The number of hydrogen-bond donors (Lipinski definition) is 2. The molecule has 1 aliphatic carbocycles. The molecular formula is C15H15FN4O3S. The van der Waals surface area contributed by atoms with Crippen molar-refractivity contribution in [3.63, 3.8) is 0 Å². The van der Waals surface area contributed by atoms with E-state index in [0.717, 1.165) is 24.2 Å². The molecule has 2 amide bonds. The van der Waals surface area contributed by atoms with Gasteiger partial charge in [0.05, 0.1) is 0 Å². The summed E-state index contributed by atoms with van der Waals surface area (Å²) in [5, 5.41) is 13.7. The zero-order valence-electron chi connectivity index (χ0n) is 12.6. The average Bonchev–Trinajstić information content (AvgIpc) is 3.23. The number of anilines is 1. The minimum absolute atomic E-state index is 0.0484. The molecule has 0 atom stereocenters. The minimum Gasteiger partial charge on any atom is -0.364 e. The Morgan fingerprint density at radius 2 is 2.00 bits per heavy atom. The predicted molar refractivity (Wildman–Crippen MR) is 85.1 cm³/mol. The maximum atomic E-state index is 12.8. The number of nitrogens with one attached hydrogen (secondary N) is 2. The molecule has 1 heterocycles. The van der Waals surface area contributed by atoms with Crippen molar-refractivity contribution in [2.45, 2.75) is 25.5 Å². The fourth-order valence-corrected chi connectivity index (χ4v) is 2.52. The van der Waals surface area contributed by atoms with Gasteiger partial charge in [-0.25, -0.2) is 4.39 Å². The Bertz CT molecular complexity index is 731. The van der Waals surface area contributed by atoms with E-state index in [4.69, 9.17) is 4.74 Å². The van der Waals surface area contributed by atoms with E-state index in [0.29, 0.717) is 16.7 Å². The molecule has 0 bridgehead atoms. The van der Waals surface area contributed by atoms with Crippen molar-refractivity contribution in [2.24, 2.45) is 0 Å². The van der Waals surface area contributed by atoms with Crippen LogP contribution in [0.15, 0.2) is 24.3 Å². The van der Waals surface area contributed by atoms with Crippen LogP contribution in [0.4, 0.5) is 10.1 Å². The molecule has 1 aromatic heterocycles. The van der Waals surface area contributed by atoms with Gasteiger partial charge in [0.2, 0.25) is 10.9 Å². The van der Waals surface area contributed by atoms with Gasteiger partial charge in [0.1, 0.15) is 24.0 Å². The molecule has 0 aliphatic heterocycles. The molecule has 126 valence electrons. The molecule has 1 saturated carbocycles. The lowest BCUT2D eigenvalue weighted by Gasteiger charge is -2.03. The highest BCUT2D eigenvalue weighted by Gasteiger charge is 2.23. The molecule has 2 aromatic rings.